The first-order valence-electron chi connectivity index (χ1n) is 7.57. The first kappa shape index (κ1) is 19.0. The minimum absolute atomic E-state index is 0.0000245. The Morgan fingerprint density at radius 1 is 1.24 bits per heavy atom. The molecule has 25 heavy (non-hydrogen) atoms. The molecule has 0 aliphatic rings. The zero-order valence-corrected chi connectivity index (χ0v) is 14.9. The van der Waals surface area contributed by atoms with Crippen molar-refractivity contribution in [2.24, 2.45) is 0 Å². The summed E-state index contributed by atoms with van der Waals surface area (Å²) >= 11 is 7.63. The van der Waals surface area contributed by atoms with Crippen molar-refractivity contribution >= 4 is 41.0 Å². The number of nitro benzene ring substituents is 1. The number of carbonyl (C=O) groups is 1. The van der Waals surface area contributed by atoms with Crippen LogP contribution in [0.1, 0.15) is 11.1 Å². The fourth-order valence-electron chi connectivity index (χ4n) is 2.04. The molecule has 0 heterocycles. The van der Waals surface area contributed by atoms with Crippen LogP contribution in [-0.4, -0.2) is 23.1 Å². The van der Waals surface area contributed by atoms with Crippen LogP contribution in [0.25, 0.3) is 6.08 Å². The molecule has 1 N–H and O–H groups in total. The van der Waals surface area contributed by atoms with Crippen molar-refractivity contribution in [1.29, 1.82) is 0 Å². The van der Waals surface area contributed by atoms with Crippen molar-refractivity contribution in [2.45, 2.75) is 5.75 Å². The van der Waals surface area contributed by atoms with Gasteiger partial charge in [0, 0.05) is 41.3 Å². The topological polar surface area (TPSA) is 72.2 Å². The lowest BCUT2D eigenvalue weighted by atomic mass is 10.2. The number of carbonyl (C=O) groups excluding carboxylic acids is 1. The molecular weight excluding hydrogens is 360 g/mol. The Morgan fingerprint density at radius 2 is 2.04 bits per heavy atom. The Balaban J connectivity index is 1.70. The highest BCUT2D eigenvalue weighted by Crippen LogP contribution is 2.16. The minimum Gasteiger partial charge on any atom is -0.352 e. The van der Waals surface area contributed by atoms with E-state index >= 15 is 0 Å². The fraction of sp³-hybridized carbons (Fsp3) is 0.167. The molecule has 0 saturated heterocycles. The second kappa shape index (κ2) is 9.86. The van der Waals surface area contributed by atoms with E-state index in [1.807, 2.05) is 24.3 Å². The molecule has 130 valence electrons. The third-order valence-electron chi connectivity index (χ3n) is 3.21. The molecule has 0 spiro atoms. The van der Waals surface area contributed by atoms with Gasteiger partial charge in [-0.2, -0.15) is 11.8 Å². The summed E-state index contributed by atoms with van der Waals surface area (Å²) in [7, 11) is 0. The number of amides is 1. The number of halogens is 1. The minimum atomic E-state index is -0.464. The van der Waals surface area contributed by atoms with Crippen molar-refractivity contribution in [3.63, 3.8) is 0 Å². The lowest BCUT2D eigenvalue weighted by Crippen LogP contribution is -2.23. The van der Waals surface area contributed by atoms with Gasteiger partial charge in [0.2, 0.25) is 5.91 Å². The third-order valence-corrected chi connectivity index (χ3v) is 4.48. The lowest BCUT2D eigenvalue weighted by molar-refractivity contribution is -0.384. The molecule has 0 aliphatic carbocycles. The van der Waals surface area contributed by atoms with Crippen molar-refractivity contribution in [3.8, 4) is 0 Å². The van der Waals surface area contributed by atoms with Gasteiger partial charge in [-0.05, 0) is 29.3 Å². The Morgan fingerprint density at radius 3 is 2.80 bits per heavy atom. The first-order chi connectivity index (χ1) is 12.0. The van der Waals surface area contributed by atoms with Crippen LogP contribution >= 0.6 is 23.4 Å². The zero-order valence-electron chi connectivity index (χ0n) is 13.4. The normalized spacial score (nSPS) is 10.8. The van der Waals surface area contributed by atoms with Gasteiger partial charge in [-0.15, -0.1) is 0 Å². The first-order valence-corrected chi connectivity index (χ1v) is 9.10. The van der Waals surface area contributed by atoms with Gasteiger partial charge in [-0.25, -0.2) is 0 Å². The highest BCUT2D eigenvalue weighted by atomic mass is 35.5. The van der Waals surface area contributed by atoms with E-state index in [0.717, 1.165) is 22.1 Å². The van der Waals surface area contributed by atoms with Crippen LogP contribution in [0.2, 0.25) is 5.02 Å². The molecular formula is C18H17ClN2O3S. The molecule has 2 rings (SSSR count). The molecule has 0 saturated carbocycles. The molecule has 0 bridgehead atoms. The summed E-state index contributed by atoms with van der Waals surface area (Å²) in [5, 5.41) is 14.2. The highest BCUT2D eigenvalue weighted by Gasteiger charge is 2.04. The monoisotopic (exact) mass is 376 g/mol. The van der Waals surface area contributed by atoms with E-state index in [1.165, 1.54) is 18.2 Å². The van der Waals surface area contributed by atoms with Gasteiger partial charge >= 0.3 is 0 Å². The number of rotatable bonds is 8. The second-order valence-electron chi connectivity index (χ2n) is 5.16. The standard InChI is InChI=1S/C18H17ClN2O3S/c19-16-5-1-4-15(11-16)13-25-10-9-20-18(22)8-7-14-3-2-6-17(12-14)21(23)24/h1-8,11-12H,9-10,13H2,(H,20,22). The van der Waals surface area contributed by atoms with Gasteiger partial charge in [0.05, 0.1) is 4.92 Å². The van der Waals surface area contributed by atoms with Gasteiger partial charge in [-0.3, -0.25) is 14.9 Å². The molecule has 0 atom stereocenters. The van der Waals surface area contributed by atoms with Gasteiger partial charge in [-0.1, -0.05) is 35.9 Å². The van der Waals surface area contributed by atoms with Crippen LogP contribution in [0.15, 0.2) is 54.6 Å². The van der Waals surface area contributed by atoms with E-state index in [4.69, 9.17) is 11.6 Å². The van der Waals surface area contributed by atoms with Crippen LogP contribution < -0.4 is 5.32 Å². The predicted molar refractivity (Wildman–Crippen MR) is 103 cm³/mol. The molecule has 2 aromatic rings. The van der Waals surface area contributed by atoms with Gasteiger partial charge < -0.3 is 5.32 Å². The molecule has 2 aromatic carbocycles. The second-order valence-corrected chi connectivity index (χ2v) is 6.70. The summed E-state index contributed by atoms with van der Waals surface area (Å²) in [6, 6.07) is 13.8. The van der Waals surface area contributed by atoms with E-state index < -0.39 is 4.92 Å². The van der Waals surface area contributed by atoms with Gasteiger partial charge in [0.1, 0.15) is 0 Å². The fourth-order valence-corrected chi connectivity index (χ4v) is 3.05. The van der Waals surface area contributed by atoms with Crippen LogP contribution in [0.5, 0.6) is 0 Å². The Bertz CT molecular complexity index is 780. The number of hydrogen-bond acceptors (Lipinski definition) is 4. The predicted octanol–water partition coefficient (Wildman–Crippen LogP) is 4.31. The Hall–Kier alpha value is -2.31. The number of nitrogens with zero attached hydrogens (tertiary/aromatic N) is 1. The Labute approximate surface area is 155 Å². The summed E-state index contributed by atoms with van der Waals surface area (Å²) in [6.07, 6.45) is 2.93. The molecule has 0 unspecified atom stereocenters. The third kappa shape index (κ3) is 6.99. The largest absolute Gasteiger partial charge is 0.352 e. The van der Waals surface area contributed by atoms with Crippen molar-refractivity contribution in [2.75, 3.05) is 12.3 Å². The number of benzene rings is 2. The van der Waals surface area contributed by atoms with Gasteiger partial charge in [0.15, 0.2) is 0 Å². The molecule has 5 nitrogen and oxygen atoms in total. The van der Waals surface area contributed by atoms with Gasteiger partial charge in [0.25, 0.3) is 5.69 Å². The Kier molecular flexibility index (Phi) is 7.50. The van der Waals surface area contributed by atoms with E-state index in [2.05, 4.69) is 5.32 Å². The zero-order chi connectivity index (χ0) is 18.1. The number of hydrogen-bond donors (Lipinski definition) is 1. The molecule has 0 fully saturated rings. The molecule has 1 amide bonds. The summed E-state index contributed by atoms with van der Waals surface area (Å²) in [6.45, 7) is 0.545. The highest BCUT2D eigenvalue weighted by molar-refractivity contribution is 7.98. The van der Waals surface area contributed by atoms with Crippen molar-refractivity contribution in [3.05, 3.63) is 80.9 Å². The summed E-state index contributed by atoms with van der Waals surface area (Å²) < 4.78 is 0. The maximum atomic E-state index is 11.8. The van der Waals surface area contributed by atoms with Crippen LogP contribution in [0.4, 0.5) is 5.69 Å². The SMILES string of the molecule is O=C(C=Cc1cccc([N+](=O)[O-])c1)NCCSCc1cccc(Cl)c1. The number of non-ortho nitro benzene ring substituents is 1. The maximum Gasteiger partial charge on any atom is 0.270 e. The molecule has 0 radical (unpaired) electrons. The molecule has 7 heteroatoms. The van der Waals surface area contributed by atoms with Crippen LogP contribution in [0.3, 0.4) is 0 Å². The van der Waals surface area contributed by atoms with E-state index in [9.17, 15) is 14.9 Å². The number of nitro groups is 1. The molecule has 0 aromatic heterocycles. The summed E-state index contributed by atoms with van der Waals surface area (Å²) in [5.41, 5.74) is 1.76. The average molecular weight is 377 g/mol. The van der Waals surface area contributed by atoms with Crippen molar-refractivity contribution < 1.29 is 9.72 Å². The van der Waals surface area contributed by atoms with E-state index in [-0.39, 0.29) is 11.6 Å². The number of nitrogens with one attached hydrogen (secondary N) is 1. The summed E-state index contributed by atoms with van der Waals surface area (Å²) in [5.74, 6) is 1.39. The molecule has 0 aliphatic heterocycles. The van der Waals surface area contributed by atoms with Crippen LogP contribution in [0, 0.1) is 10.1 Å². The summed E-state index contributed by atoms with van der Waals surface area (Å²) in [4.78, 5) is 22.0. The van der Waals surface area contributed by atoms with E-state index in [0.29, 0.717) is 12.1 Å². The average Bonchev–Trinajstić information content (AvgIpc) is 2.60. The van der Waals surface area contributed by atoms with Crippen LogP contribution in [-0.2, 0) is 10.5 Å². The van der Waals surface area contributed by atoms with Crippen molar-refractivity contribution in [1.82, 2.24) is 5.32 Å². The smallest absolute Gasteiger partial charge is 0.270 e. The quantitative estimate of drug-likeness (QED) is 0.322. The van der Waals surface area contributed by atoms with E-state index in [1.54, 1.807) is 30.0 Å². The number of thioether (sulfide) groups is 1. The maximum absolute atomic E-state index is 11.8. The lowest BCUT2D eigenvalue weighted by Gasteiger charge is -2.03.